The number of para-hydroxylation sites is 1. The summed E-state index contributed by atoms with van der Waals surface area (Å²) < 4.78 is 2.80. The van der Waals surface area contributed by atoms with Crippen molar-refractivity contribution in [3.63, 3.8) is 0 Å². The van der Waals surface area contributed by atoms with Crippen LogP contribution in [0.15, 0.2) is 36.7 Å². The Morgan fingerprint density at radius 3 is 2.50 bits per heavy atom. The quantitative estimate of drug-likeness (QED) is 0.741. The third-order valence-corrected chi connectivity index (χ3v) is 2.28. The lowest BCUT2D eigenvalue weighted by Crippen LogP contribution is -1.93. The van der Waals surface area contributed by atoms with E-state index in [2.05, 4.69) is 32.8 Å². The molecule has 0 unspecified atom stereocenters. The second-order valence-electron chi connectivity index (χ2n) is 2.31. The Labute approximate surface area is 83.6 Å². The van der Waals surface area contributed by atoms with Gasteiger partial charge in [0, 0.05) is 28.3 Å². The molecule has 0 saturated carbocycles. The zero-order chi connectivity index (χ0) is 8.39. The van der Waals surface area contributed by atoms with Gasteiger partial charge in [-0.1, -0.05) is 18.2 Å². The predicted molar refractivity (Wildman–Crippen MR) is 54.1 cm³/mol. The van der Waals surface area contributed by atoms with Crippen LogP contribution in [0.3, 0.4) is 0 Å². The molecule has 1 aromatic heterocycles. The van der Waals surface area contributed by atoms with Crippen LogP contribution in [0.1, 0.15) is 0 Å². The fourth-order valence-electron chi connectivity index (χ4n) is 0.983. The van der Waals surface area contributed by atoms with E-state index >= 15 is 0 Å². The number of hydrogen-bond donors (Lipinski definition) is 0. The minimum Gasteiger partial charge on any atom is -0.277 e. The minimum absolute atomic E-state index is 0.874. The van der Waals surface area contributed by atoms with E-state index in [1.54, 1.807) is 6.33 Å². The maximum atomic E-state index is 3.89. The average Bonchev–Trinajstić information content (AvgIpc) is 2.53. The first-order chi connectivity index (χ1) is 5.88. The molecule has 12 heavy (non-hydrogen) atoms. The Bertz CT molecular complexity index is 369. The van der Waals surface area contributed by atoms with Gasteiger partial charge in [-0.25, -0.2) is 0 Å². The van der Waals surface area contributed by atoms with Crippen molar-refractivity contribution in [2.75, 3.05) is 0 Å². The fourth-order valence-corrected chi connectivity index (χ4v) is 1.51. The summed E-state index contributed by atoms with van der Waals surface area (Å²) in [5.74, 6) is 0. The molecule has 0 fully saturated rings. The molecule has 0 bridgehead atoms. The van der Waals surface area contributed by atoms with E-state index in [0.29, 0.717) is 0 Å². The maximum absolute atomic E-state index is 3.89. The van der Waals surface area contributed by atoms with Crippen LogP contribution in [-0.4, -0.2) is 14.8 Å². The van der Waals surface area contributed by atoms with Crippen LogP contribution < -0.4 is 0 Å². The van der Waals surface area contributed by atoms with Gasteiger partial charge in [0.25, 0.3) is 0 Å². The molecule has 0 amide bonds. The van der Waals surface area contributed by atoms with E-state index in [4.69, 9.17) is 0 Å². The summed E-state index contributed by atoms with van der Waals surface area (Å²) in [5.41, 5.74) is 1.09. The summed E-state index contributed by atoms with van der Waals surface area (Å²) in [6, 6.07) is 10.0. The molecular weight excluding hydrogens is 265 g/mol. The van der Waals surface area contributed by atoms with Crippen molar-refractivity contribution in [1.82, 2.24) is 14.8 Å². The van der Waals surface area contributed by atoms with Gasteiger partial charge in [-0.15, -0.1) is 10.2 Å². The molecule has 4 heteroatoms. The predicted octanol–water partition coefficient (Wildman–Crippen LogP) is 1.87. The summed E-state index contributed by atoms with van der Waals surface area (Å²) in [6.07, 6.45) is 1.71. The highest BCUT2D eigenvalue weighted by atomic mass is 127. The standard InChI is InChI=1S/C8H6IN3/c9-8-11-10-6-12(8)7-4-2-1-3-5-7/h1-6H. The molecule has 0 aliphatic heterocycles. The fraction of sp³-hybridized carbons (Fsp3) is 0. The van der Waals surface area contributed by atoms with Crippen LogP contribution in [0, 0.1) is 3.83 Å². The van der Waals surface area contributed by atoms with E-state index < -0.39 is 0 Å². The topological polar surface area (TPSA) is 30.7 Å². The number of nitrogens with zero attached hydrogens (tertiary/aromatic N) is 3. The maximum Gasteiger partial charge on any atom is 0.198 e. The van der Waals surface area contributed by atoms with Gasteiger partial charge in [0.1, 0.15) is 6.33 Å². The van der Waals surface area contributed by atoms with Gasteiger partial charge in [0.2, 0.25) is 0 Å². The van der Waals surface area contributed by atoms with E-state index in [-0.39, 0.29) is 0 Å². The number of rotatable bonds is 1. The van der Waals surface area contributed by atoms with E-state index in [1.165, 1.54) is 0 Å². The lowest BCUT2D eigenvalue weighted by atomic mass is 10.3. The first kappa shape index (κ1) is 7.72. The highest BCUT2D eigenvalue weighted by molar-refractivity contribution is 14.1. The lowest BCUT2D eigenvalue weighted by molar-refractivity contribution is 1.01. The van der Waals surface area contributed by atoms with Gasteiger partial charge >= 0.3 is 0 Å². The van der Waals surface area contributed by atoms with Crippen LogP contribution >= 0.6 is 22.6 Å². The van der Waals surface area contributed by atoms with Gasteiger partial charge in [-0.2, -0.15) is 0 Å². The summed E-state index contributed by atoms with van der Waals surface area (Å²) in [4.78, 5) is 0. The van der Waals surface area contributed by atoms with Crippen LogP contribution in [-0.2, 0) is 0 Å². The van der Waals surface area contributed by atoms with Crippen molar-refractivity contribution < 1.29 is 0 Å². The van der Waals surface area contributed by atoms with Crippen molar-refractivity contribution in [3.8, 4) is 5.69 Å². The largest absolute Gasteiger partial charge is 0.277 e. The molecule has 0 aliphatic rings. The van der Waals surface area contributed by atoms with Crippen LogP contribution in [0.2, 0.25) is 0 Å². The van der Waals surface area contributed by atoms with Gasteiger partial charge in [-0.05, 0) is 12.1 Å². The van der Waals surface area contributed by atoms with Crippen molar-refractivity contribution in [1.29, 1.82) is 0 Å². The molecule has 60 valence electrons. The third kappa shape index (κ3) is 1.34. The Balaban J connectivity index is 2.51. The molecule has 2 rings (SSSR count). The molecule has 0 saturated heterocycles. The molecule has 0 atom stereocenters. The van der Waals surface area contributed by atoms with Gasteiger partial charge < -0.3 is 0 Å². The zero-order valence-electron chi connectivity index (χ0n) is 6.18. The van der Waals surface area contributed by atoms with Crippen LogP contribution in [0.25, 0.3) is 5.69 Å². The number of aromatic nitrogens is 3. The Morgan fingerprint density at radius 2 is 1.92 bits per heavy atom. The second kappa shape index (κ2) is 3.22. The smallest absolute Gasteiger partial charge is 0.198 e. The summed E-state index contributed by atoms with van der Waals surface area (Å²) in [7, 11) is 0. The van der Waals surface area contributed by atoms with Crippen LogP contribution in [0.5, 0.6) is 0 Å². The molecule has 1 aromatic carbocycles. The minimum atomic E-state index is 0.874. The van der Waals surface area contributed by atoms with E-state index in [9.17, 15) is 0 Å². The molecule has 0 N–H and O–H groups in total. The Morgan fingerprint density at radius 1 is 1.17 bits per heavy atom. The molecule has 0 spiro atoms. The van der Waals surface area contributed by atoms with Crippen molar-refractivity contribution in [3.05, 3.63) is 40.5 Å². The molecule has 0 radical (unpaired) electrons. The van der Waals surface area contributed by atoms with Gasteiger partial charge in [-0.3, -0.25) is 4.57 Å². The first-order valence-electron chi connectivity index (χ1n) is 3.49. The third-order valence-electron chi connectivity index (χ3n) is 1.54. The number of hydrogen-bond acceptors (Lipinski definition) is 2. The summed E-state index contributed by atoms with van der Waals surface area (Å²) >= 11 is 2.15. The van der Waals surface area contributed by atoms with Crippen molar-refractivity contribution in [2.45, 2.75) is 0 Å². The van der Waals surface area contributed by atoms with E-state index in [1.807, 2.05) is 34.9 Å². The van der Waals surface area contributed by atoms with Gasteiger partial charge in [0.15, 0.2) is 3.83 Å². The van der Waals surface area contributed by atoms with E-state index in [0.717, 1.165) is 9.52 Å². The van der Waals surface area contributed by atoms with Crippen molar-refractivity contribution in [2.24, 2.45) is 0 Å². The SMILES string of the molecule is Ic1nncn1-c1ccccc1. The molecule has 0 aliphatic carbocycles. The van der Waals surface area contributed by atoms with Crippen molar-refractivity contribution >= 4 is 22.6 Å². The molecule has 3 nitrogen and oxygen atoms in total. The molecule has 1 heterocycles. The molecule has 2 aromatic rings. The first-order valence-corrected chi connectivity index (χ1v) is 4.57. The zero-order valence-corrected chi connectivity index (χ0v) is 8.34. The monoisotopic (exact) mass is 271 g/mol. The normalized spacial score (nSPS) is 10.1. The van der Waals surface area contributed by atoms with Gasteiger partial charge in [0.05, 0.1) is 0 Å². The number of halogens is 1. The average molecular weight is 271 g/mol. The van der Waals surface area contributed by atoms with Crippen LogP contribution in [0.4, 0.5) is 0 Å². The molecular formula is C8H6IN3. The highest BCUT2D eigenvalue weighted by Crippen LogP contribution is 2.09. The summed E-state index contributed by atoms with van der Waals surface area (Å²) in [6.45, 7) is 0. The second-order valence-corrected chi connectivity index (χ2v) is 3.27. The Hall–Kier alpha value is -0.910. The summed E-state index contributed by atoms with van der Waals surface area (Å²) in [5, 5.41) is 7.70. The lowest BCUT2D eigenvalue weighted by Gasteiger charge is -2.00. The highest BCUT2D eigenvalue weighted by Gasteiger charge is 1.99. The number of benzene rings is 1. The Kier molecular flexibility index (Phi) is 2.07.